The highest BCUT2D eigenvalue weighted by molar-refractivity contribution is 6.40. The molecule has 4 rings (SSSR count). The van der Waals surface area contributed by atoms with Crippen LogP contribution in [0.4, 0.5) is 10.5 Å². The number of imide groups is 2. The molecule has 1 fully saturated rings. The van der Waals surface area contributed by atoms with Crippen LogP contribution in [0.1, 0.15) is 16.7 Å². The Morgan fingerprint density at radius 3 is 2.47 bits per heavy atom. The van der Waals surface area contributed by atoms with Crippen LogP contribution in [-0.4, -0.2) is 17.8 Å². The molecule has 1 aliphatic rings. The van der Waals surface area contributed by atoms with Crippen LogP contribution in [-0.2, 0) is 16.2 Å². The van der Waals surface area contributed by atoms with Gasteiger partial charge in [-0.1, -0.05) is 65.1 Å². The van der Waals surface area contributed by atoms with E-state index < -0.39 is 17.8 Å². The van der Waals surface area contributed by atoms with Gasteiger partial charge in [-0.25, -0.2) is 9.69 Å². The summed E-state index contributed by atoms with van der Waals surface area (Å²) in [5.74, 6) is -1.15. The van der Waals surface area contributed by atoms with Crippen molar-refractivity contribution in [2.24, 2.45) is 0 Å². The second-order valence-corrected chi connectivity index (χ2v) is 8.65. The molecule has 0 atom stereocenters. The minimum absolute atomic E-state index is 0.142. The second kappa shape index (κ2) is 9.89. The molecule has 0 bridgehead atoms. The molecule has 0 aliphatic carbocycles. The summed E-state index contributed by atoms with van der Waals surface area (Å²) < 4.78 is 5.91. The number of nitrogens with one attached hydrogen (secondary N) is 1. The Kier molecular flexibility index (Phi) is 6.93. The van der Waals surface area contributed by atoms with Crippen molar-refractivity contribution in [2.75, 3.05) is 4.90 Å². The highest BCUT2D eigenvalue weighted by Crippen LogP contribution is 2.31. The highest BCUT2D eigenvalue weighted by atomic mass is 35.5. The van der Waals surface area contributed by atoms with Crippen LogP contribution in [0.2, 0.25) is 15.1 Å². The van der Waals surface area contributed by atoms with Crippen molar-refractivity contribution < 1.29 is 19.1 Å². The third kappa shape index (κ3) is 4.80. The Balaban J connectivity index is 1.66. The van der Waals surface area contributed by atoms with Gasteiger partial charge in [0.15, 0.2) is 0 Å². The van der Waals surface area contributed by atoms with Crippen molar-refractivity contribution in [1.82, 2.24) is 5.32 Å². The number of ether oxygens (including phenoxy) is 1. The summed E-state index contributed by atoms with van der Waals surface area (Å²) in [6.45, 7) is 1.83. The SMILES string of the molecule is Cc1c(Cl)cccc1N1C(=O)NC(=O)/C(=C\c2ccccc2OCc2ccc(Cl)cc2Cl)C1=O. The van der Waals surface area contributed by atoms with Crippen LogP contribution in [0.15, 0.2) is 66.2 Å². The van der Waals surface area contributed by atoms with Gasteiger partial charge < -0.3 is 4.74 Å². The van der Waals surface area contributed by atoms with Crippen molar-refractivity contribution in [3.8, 4) is 5.75 Å². The number of anilines is 1. The van der Waals surface area contributed by atoms with E-state index in [0.29, 0.717) is 37.5 Å². The van der Waals surface area contributed by atoms with E-state index in [4.69, 9.17) is 39.5 Å². The Morgan fingerprint density at radius 1 is 0.941 bits per heavy atom. The number of urea groups is 1. The van der Waals surface area contributed by atoms with Gasteiger partial charge in [0.2, 0.25) is 0 Å². The van der Waals surface area contributed by atoms with Gasteiger partial charge in [0.1, 0.15) is 17.9 Å². The summed E-state index contributed by atoms with van der Waals surface area (Å²) in [5, 5.41) is 3.56. The van der Waals surface area contributed by atoms with Gasteiger partial charge in [0, 0.05) is 26.2 Å². The van der Waals surface area contributed by atoms with Gasteiger partial charge in [0.05, 0.1) is 5.69 Å². The number of para-hydroxylation sites is 1. The van der Waals surface area contributed by atoms with E-state index in [1.54, 1.807) is 67.6 Å². The summed E-state index contributed by atoms with van der Waals surface area (Å²) in [6, 6.07) is 16.0. The molecule has 0 saturated carbocycles. The number of carbonyl (C=O) groups excluding carboxylic acids is 3. The molecule has 0 unspecified atom stereocenters. The number of carbonyl (C=O) groups is 3. The first kappa shape index (κ1) is 23.8. The maximum atomic E-state index is 13.2. The molecule has 1 saturated heterocycles. The van der Waals surface area contributed by atoms with Crippen LogP contribution < -0.4 is 15.0 Å². The average Bonchev–Trinajstić information content (AvgIpc) is 2.79. The zero-order chi connectivity index (χ0) is 24.4. The molecular weight excluding hydrogens is 499 g/mol. The standard InChI is InChI=1S/C25H17Cl3N2O4/c1-14-19(27)6-4-7-21(14)30-24(32)18(23(31)29-25(30)33)11-15-5-2-3-8-22(15)34-13-16-9-10-17(26)12-20(16)28/h2-12H,13H2,1H3,(H,29,31,33)/b18-11+. The Labute approximate surface area is 210 Å². The second-order valence-electron chi connectivity index (χ2n) is 7.40. The molecule has 3 aromatic rings. The monoisotopic (exact) mass is 514 g/mol. The number of hydrogen-bond acceptors (Lipinski definition) is 4. The van der Waals surface area contributed by atoms with Crippen molar-refractivity contribution in [2.45, 2.75) is 13.5 Å². The summed E-state index contributed by atoms with van der Waals surface area (Å²) in [5.41, 5.74) is 1.79. The molecule has 3 aromatic carbocycles. The molecule has 9 heteroatoms. The molecule has 0 spiro atoms. The molecule has 34 heavy (non-hydrogen) atoms. The van der Waals surface area contributed by atoms with Crippen LogP contribution in [0, 0.1) is 6.92 Å². The van der Waals surface area contributed by atoms with Gasteiger partial charge in [-0.05, 0) is 48.9 Å². The number of benzene rings is 3. The normalized spacial score (nSPS) is 15.0. The van der Waals surface area contributed by atoms with Gasteiger partial charge in [-0.3, -0.25) is 14.9 Å². The molecule has 1 N–H and O–H groups in total. The summed E-state index contributed by atoms with van der Waals surface area (Å²) in [4.78, 5) is 39.2. The quantitative estimate of drug-likeness (QED) is 0.324. The fraction of sp³-hybridized carbons (Fsp3) is 0.0800. The third-order valence-corrected chi connectivity index (χ3v) is 6.20. The molecule has 0 radical (unpaired) electrons. The first-order valence-corrected chi connectivity index (χ1v) is 11.2. The van der Waals surface area contributed by atoms with Crippen LogP contribution in [0.3, 0.4) is 0 Å². The minimum Gasteiger partial charge on any atom is -0.488 e. The minimum atomic E-state index is -0.848. The van der Waals surface area contributed by atoms with E-state index in [9.17, 15) is 14.4 Å². The van der Waals surface area contributed by atoms with E-state index in [1.807, 2.05) is 0 Å². The number of amides is 4. The molecule has 0 aromatic heterocycles. The van der Waals surface area contributed by atoms with E-state index in [-0.39, 0.29) is 17.9 Å². The Bertz CT molecular complexity index is 1350. The van der Waals surface area contributed by atoms with Crippen molar-refractivity contribution in [3.05, 3.63) is 98.0 Å². The zero-order valence-electron chi connectivity index (χ0n) is 17.8. The van der Waals surface area contributed by atoms with Crippen molar-refractivity contribution >= 4 is 64.4 Å². The lowest BCUT2D eigenvalue weighted by molar-refractivity contribution is -0.122. The van der Waals surface area contributed by atoms with Crippen molar-refractivity contribution in [1.29, 1.82) is 0 Å². The van der Waals surface area contributed by atoms with Crippen LogP contribution in [0.25, 0.3) is 6.08 Å². The predicted octanol–water partition coefficient (Wildman–Crippen LogP) is 6.20. The van der Waals surface area contributed by atoms with Crippen molar-refractivity contribution in [3.63, 3.8) is 0 Å². The summed E-state index contributed by atoms with van der Waals surface area (Å²) >= 11 is 18.3. The van der Waals surface area contributed by atoms with Gasteiger partial charge in [-0.15, -0.1) is 0 Å². The summed E-state index contributed by atoms with van der Waals surface area (Å²) in [6.07, 6.45) is 1.38. The van der Waals surface area contributed by atoms with E-state index >= 15 is 0 Å². The molecule has 6 nitrogen and oxygen atoms in total. The molecule has 4 amide bonds. The lowest BCUT2D eigenvalue weighted by atomic mass is 10.0. The lowest BCUT2D eigenvalue weighted by Gasteiger charge is -2.27. The highest BCUT2D eigenvalue weighted by Gasteiger charge is 2.37. The maximum absolute atomic E-state index is 13.2. The number of barbiturate groups is 1. The van der Waals surface area contributed by atoms with E-state index in [2.05, 4.69) is 5.32 Å². The smallest absolute Gasteiger partial charge is 0.335 e. The van der Waals surface area contributed by atoms with Gasteiger partial charge in [-0.2, -0.15) is 0 Å². The first-order valence-electron chi connectivity index (χ1n) is 10.1. The van der Waals surface area contributed by atoms with Crippen LogP contribution >= 0.6 is 34.8 Å². The topological polar surface area (TPSA) is 75.7 Å². The maximum Gasteiger partial charge on any atom is 0.335 e. The summed E-state index contributed by atoms with van der Waals surface area (Å²) in [7, 11) is 0. The van der Waals surface area contributed by atoms with Gasteiger partial charge in [0.25, 0.3) is 11.8 Å². The Hall–Kier alpha value is -3.32. The Morgan fingerprint density at radius 2 is 1.71 bits per heavy atom. The fourth-order valence-corrected chi connectivity index (χ4v) is 4.03. The van der Waals surface area contributed by atoms with E-state index in [0.717, 1.165) is 4.90 Å². The molecule has 172 valence electrons. The first-order chi connectivity index (χ1) is 16.3. The van der Waals surface area contributed by atoms with Gasteiger partial charge >= 0.3 is 6.03 Å². The molecule has 1 aliphatic heterocycles. The fourth-order valence-electron chi connectivity index (χ4n) is 3.40. The third-order valence-electron chi connectivity index (χ3n) is 5.20. The lowest BCUT2D eigenvalue weighted by Crippen LogP contribution is -2.54. The van der Waals surface area contributed by atoms with Crippen LogP contribution in [0.5, 0.6) is 5.75 Å². The zero-order valence-corrected chi connectivity index (χ0v) is 20.0. The number of rotatable bonds is 5. The van der Waals surface area contributed by atoms with E-state index in [1.165, 1.54) is 6.08 Å². The average molecular weight is 516 g/mol. The predicted molar refractivity (Wildman–Crippen MR) is 132 cm³/mol. The number of hydrogen-bond donors (Lipinski definition) is 1. The molecular formula is C25H17Cl3N2O4. The number of halogens is 3. The largest absolute Gasteiger partial charge is 0.488 e. The number of nitrogens with zero attached hydrogens (tertiary/aromatic N) is 1. The molecule has 1 heterocycles.